The number of benzene rings is 1. The van der Waals surface area contributed by atoms with E-state index in [1.807, 2.05) is 25.1 Å². The van der Waals surface area contributed by atoms with Crippen LogP contribution >= 0.6 is 0 Å². The fraction of sp³-hybridized carbons (Fsp3) is 0.231. The second kappa shape index (κ2) is 10.6. The highest BCUT2D eigenvalue weighted by atomic mass is 19.1. The molecule has 4 aromatic heterocycles. The van der Waals surface area contributed by atoms with Crippen molar-refractivity contribution in [3.05, 3.63) is 89.4 Å². The zero-order chi connectivity index (χ0) is 25.8. The van der Waals surface area contributed by atoms with E-state index >= 15 is 4.39 Å². The Morgan fingerprint density at radius 2 is 1.97 bits per heavy atom. The summed E-state index contributed by atoms with van der Waals surface area (Å²) in [6, 6.07) is 13.8. The number of H-pyrrole nitrogens is 2. The molecule has 5 aromatic rings. The lowest BCUT2D eigenvalue weighted by molar-refractivity contribution is 0.0682. The summed E-state index contributed by atoms with van der Waals surface area (Å²) in [4.78, 5) is 21.7. The molecule has 0 bridgehead atoms. The lowest BCUT2D eigenvalue weighted by atomic mass is 10.1. The molecular formula is C26H24F2N8O. The van der Waals surface area contributed by atoms with Crippen molar-refractivity contribution < 1.29 is 13.6 Å². The number of carbonyl (C=O) groups is 1. The van der Waals surface area contributed by atoms with E-state index in [9.17, 15) is 9.18 Å². The molecule has 0 saturated carbocycles. The molecule has 1 amide bonds. The third-order valence-corrected chi connectivity index (χ3v) is 5.99. The Bertz CT molecular complexity index is 1500. The minimum Gasteiger partial charge on any atom is -0.338 e. The summed E-state index contributed by atoms with van der Waals surface area (Å²) in [6.45, 7) is 1.93. The maximum atomic E-state index is 15.1. The van der Waals surface area contributed by atoms with Crippen LogP contribution in [0.25, 0.3) is 22.3 Å². The van der Waals surface area contributed by atoms with Crippen LogP contribution in [0.4, 0.5) is 8.78 Å². The van der Waals surface area contributed by atoms with Crippen LogP contribution in [0.3, 0.4) is 0 Å². The highest BCUT2D eigenvalue weighted by Crippen LogP contribution is 2.25. The van der Waals surface area contributed by atoms with Gasteiger partial charge >= 0.3 is 0 Å². The van der Waals surface area contributed by atoms with Crippen molar-refractivity contribution >= 4 is 16.9 Å². The molecule has 11 heteroatoms. The molecule has 1 atom stereocenters. The number of amides is 1. The smallest absolute Gasteiger partial charge is 0.276 e. The van der Waals surface area contributed by atoms with E-state index < -0.39 is 12.1 Å². The highest BCUT2D eigenvalue weighted by Gasteiger charge is 2.23. The fourth-order valence-corrected chi connectivity index (χ4v) is 4.06. The van der Waals surface area contributed by atoms with Gasteiger partial charge in [0.2, 0.25) is 0 Å². The number of hydrogen-bond acceptors (Lipinski definition) is 6. The average molecular weight is 503 g/mol. The van der Waals surface area contributed by atoms with Crippen LogP contribution in [0, 0.1) is 12.7 Å². The summed E-state index contributed by atoms with van der Waals surface area (Å²) < 4.78 is 29.3. The number of fused-ring (bicyclic) bond motifs is 1. The van der Waals surface area contributed by atoms with Crippen LogP contribution in [-0.4, -0.2) is 59.1 Å². The first kappa shape index (κ1) is 24.2. The summed E-state index contributed by atoms with van der Waals surface area (Å²) in [6.07, 6.45) is 2.13. The van der Waals surface area contributed by atoms with Gasteiger partial charge < -0.3 is 9.88 Å². The summed E-state index contributed by atoms with van der Waals surface area (Å²) in [5, 5.41) is 19.1. The minimum atomic E-state index is -1.31. The fourth-order valence-electron chi connectivity index (χ4n) is 4.06. The molecule has 0 aliphatic heterocycles. The Hall–Kier alpha value is -4.54. The van der Waals surface area contributed by atoms with E-state index in [1.165, 1.54) is 17.2 Å². The van der Waals surface area contributed by atoms with Crippen molar-refractivity contribution in [3.8, 4) is 11.3 Å². The number of hydrogen-bond donors (Lipinski definition) is 2. The Morgan fingerprint density at radius 3 is 2.73 bits per heavy atom. The van der Waals surface area contributed by atoms with E-state index in [0.717, 1.165) is 16.6 Å². The van der Waals surface area contributed by atoms with Gasteiger partial charge in [0.25, 0.3) is 5.91 Å². The van der Waals surface area contributed by atoms with Gasteiger partial charge in [0.05, 0.1) is 24.1 Å². The Morgan fingerprint density at radius 1 is 1.11 bits per heavy atom. The molecule has 0 aliphatic rings. The number of alkyl halides is 1. The summed E-state index contributed by atoms with van der Waals surface area (Å²) in [7, 11) is 0. The lowest BCUT2D eigenvalue weighted by Gasteiger charge is -2.23. The Labute approximate surface area is 211 Å². The zero-order valence-electron chi connectivity index (χ0n) is 20.0. The largest absolute Gasteiger partial charge is 0.338 e. The molecule has 0 aliphatic carbocycles. The van der Waals surface area contributed by atoms with Gasteiger partial charge in [-0.2, -0.15) is 20.5 Å². The first-order valence-electron chi connectivity index (χ1n) is 11.8. The molecule has 37 heavy (non-hydrogen) atoms. The molecule has 0 spiro atoms. The molecular weight excluding hydrogens is 478 g/mol. The summed E-state index contributed by atoms with van der Waals surface area (Å²) in [5.41, 5.74) is 3.90. The quantitative estimate of drug-likeness (QED) is 0.312. The number of nitrogens with zero attached hydrogens (tertiary/aromatic N) is 6. The van der Waals surface area contributed by atoms with Gasteiger partial charge in [0.1, 0.15) is 12.0 Å². The second-order valence-electron chi connectivity index (χ2n) is 8.79. The van der Waals surface area contributed by atoms with Gasteiger partial charge in [0, 0.05) is 29.4 Å². The Kier molecular flexibility index (Phi) is 6.93. The number of halogens is 2. The maximum Gasteiger partial charge on any atom is 0.276 e. The van der Waals surface area contributed by atoms with E-state index in [1.54, 1.807) is 30.5 Å². The molecule has 0 saturated heterocycles. The number of pyridine rings is 1. The topological polar surface area (TPSA) is 116 Å². The first-order valence-corrected chi connectivity index (χ1v) is 11.8. The van der Waals surface area contributed by atoms with Gasteiger partial charge in [-0.25, -0.2) is 8.78 Å². The van der Waals surface area contributed by atoms with Gasteiger partial charge in [-0.1, -0.05) is 18.2 Å². The van der Waals surface area contributed by atoms with E-state index in [-0.39, 0.29) is 31.0 Å². The first-order chi connectivity index (χ1) is 18.0. The minimum absolute atomic E-state index is 0.113. The third-order valence-electron chi connectivity index (χ3n) is 5.99. The van der Waals surface area contributed by atoms with Crippen molar-refractivity contribution in [3.63, 3.8) is 0 Å². The van der Waals surface area contributed by atoms with Gasteiger partial charge in [-0.15, -0.1) is 5.10 Å². The number of aryl methyl sites for hydroxylation is 2. The molecule has 4 heterocycles. The van der Waals surface area contributed by atoms with Crippen molar-refractivity contribution in [2.75, 3.05) is 6.54 Å². The van der Waals surface area contributed by atoms with E-state index in [2.05, 4.69) is 35.6 Å². The number of aromatic amines is 2. The predicted octanol–water partition coefficient (Wildman–Crippen LogP) is 4.20. The second-order valence-corrected chi connectivity index (χ2v) is 8.79. The number of carbonyl (C=O) groups excluding carboxylic acids is 1. The molecule has 5 rings (SSSR count). The van der Waals surface area contributed by atoms with E-state index in [0.29, 0.717) is 29.0 Å². The predicted molar refractivity (Wildman–Crippen MR) is 133 cm³/mol. The molecule has 188 valence electrons. The summed E-state index contributed by atoms with van der Waals surface area (Å²) in [5.74, 6) is -0.764. The average Bonchev–Trinajstić information content (AvgIpc) is 3.58. The molecule has 2 N–H and O–H groups in total. The number of nitrogens with one attached hydrogen (secondary N) is 2. The molecule has 9 nitrogen and oxygen atoms in total. The van der Waals surface area contributed by atoms with Crippen molar-refractivity contribution in [1.82, 2.24) is 40.5 Å². The van der Waals surface area contributed by atoms with Gasteiger partial charge in [0.15, 0.2) is 11.3 Å². The van der Waals surface area contributed by atoms with Gasteiger partial charge in [-0.3, -0.25) is 9.78 Å². The molecule has 0 radical (unpaired) electrons. The highest BCUT2D eigenvalue weighted by molar-refractivity contribution is 5.91. The maximum absolute atomic E-state index is 15.1. The number of rotatable bonds is 9. The van der Waals surface area contributed by atoms with Crippen LogP contribution in [0.5, 0.6) is 0 Å². The lowest BCUT2D eigenvalue weighted by Crippen LogP contribution is -2.36. The van der Waals surface area contributed by atoms with Crippen molar-refractivity contribution in [2.45, 2.75) is 32.5 Å². The van der Waals surface area contributed by atoms with Crippen molar-refractivity contribution in [2.24, 2.45) is 0 Å². The van der Waals surface area contributed by atoms with Crippen LogP contribution in [-0.2, 0) is 13.0 Å². The van der Waals surface area contributed by atoms with Crippen molar-refractivity contribution in [1.29, 1.82) is 0 Å². The van der Waals surface area contributed by atoms with Crippen LogP contribution in [0.15, 0.2) is 60.9 Å². The molecule has 1 aromatic carbocycles. The molecule has 0 fully saturated rings. The standard InChI is InChI=1S/C26H24F2N8O/c1-16-6-7-17(12-29-16)14-36(26(37)24-13-30-35-33-24)15-19(27)8-9-20-10-18-11-23(31-25(18)34-32-20)21-4-2-3-5-22(21)28/h2-7,10-13,19H,8-9,14-15H2,1H3,(H,31,34)(H,30,33,35). The van der Waals surface area contributed by atoms with Gasteiger partial charge in [-0.05, 0) is 55.7 Å². The molecule has 1 unspecified atom stereocenters. The third kappa shape index (κ3) is 5.66. The SMILES string of the molecule is Cc1ccc(CN(CC(F)CCc2cc3cc(-c4ccccc4F)[nH]c3nn2)C(=O)c2cn[nH]n2)cn1. The van der Waals surface area contributed by atoms with Crippen LogP contribution in [0.2, 0.25) is 0 Å². The number of aromatic nitrogens is 7. The normalized spacial score (nSPS) is 12.1. The Balaban J connectivity index is 1.26. The zero-order valence-corrected chi connectivity index (χ0v) is 20.0. The summed E-state index contributed by atoms with van der Waals surface area (Å²) >= 11 is 0. The monoisotopic (exact) mass is 502 g/mol. The van der Waals surface area contributed by atoms with Crippen LogP contribution in [0.1, 0.15) is 33.9 Å². The van der Waals surface area contributed by atoms with E-state index in [4.69, 9.17) is 0 Å². The van der Waals surface area contributed by atoms with Crippen LogP contribution < -0.4 is 0 Å².